The fourth-order valence-electron chi connectivity index (χ4n) is 1.32. The molecule has 0 atom stereocenters. The number of hydrogen-bond acceptors (Lipinski definition) is 2. The molecule has 0 unspecified atom stereocenters. The third kappa shape index (κ3) is 3.57. The van der Waals surface area contributed by atoms with Gasteiger partial charge in [0, 0.05) is 17.1 Å². The summed E-state index contributed by atoms with van der Waals surface area (Å²) in [5.41, 5.74) is 1.01. The van der Waals surface area contributed by atoms with Gasteiger partial charge in [-0.15, -0.1) is 6.58 Å². The molecule has 0 heterocycles. The summed E-state index contributed by atoms with van der Waals surface area (Å²) in [4.78, 5) is 0. The molecule has 0 aromatic heterocycles. The highest BCUT2D eigenvalue weighted by Gasteiger charge is 2.05. The van der Waals surface area contributed by atoms with Crippen LogP contribution in [0.4, 0.5) is 0 Å². The molecule has 0 aliphatic heterocycles. The number of nitrogens with one attached hydrogen (secondary N) is 1. The van der Waals surface area contributed by atoms with Crippen LogP contribution < -0.4 is 10.1 Å². The minimum atomic E-state index is 0.719. The average Bonchev–Trinajstić information content (AvgIpc) is 2.26. The smallest absolute Gasteiger partial charge is 0.124 e. The molecular weight excluding hydrogens is 210 g/mol. The summed E-state index contributed by atoms with van der Waals surface area (Å²) >= 11 is 6.08. The van der Waals surface area contributed by atoms with Crippen LogP contribution >= 0.6 is 11.6 Å². The Balaban J connectivity index is 2.61. The van der Waals surface area contributed by atoms with Crippen LogP contribution in [-0.4, -0.2) is 13.7 Å². The van der Waals surface area contributed by atoms with Gasteiger partial charge >= 0.3 is 0 Å². The highest BCUT2D eigenvalue weighted by atomic mass is 35.5. The molecule has 0 saturated heterocycles. The Bertz CT molecular complexity index is 325. The van der Waals surface area contributed by atoms with Gasteiger partial charge in [-0.25, -0.2) is 0 Å². The van der Waals surface area contributed by atoms with E-state index >= 15 is 0 Å². The van der Waals surface area contributed by atoms with E-state index in [9.17, 15) is 0 Å². The van der Waals surface area contributed by atoms with Crippen LogP contribution in [-0.2, 0) is 6.54 Å². The summed E-state index contributed by atoms with van der Waals surface area (Å²) in [6, 6.07) is 5.67. The summed E-state index contributed by atoms with van der Waals surface area (Å²) in [5, 5.41) is 4.02. The molecule has 1 rings (SSSR count). The van der Waals surface area contributed by atoms with E-state index in [1.165, 1.54) is 0 Å². The van der Waals surface area contributed by atoms with E-state index < -0.39 is 0 Å². The van der Waals surface area contributed by atoms with Gasteiger partial charge in [-0.05, 0) is 25.1 Å². The van der Waals surface area contributed by atoms with Gasteiger partial charge in [-0.1, -0.05) is 23.7 Å². The highest BCUT2D eigenvalue weighted by molar-refractivity contribution is 6.31. The second-order valence-electron chi connectivity index (χ2n) is 3.17. The lowest BCUT2D eigenvalue weighted by Crippen LogP contribution is -2.15. The minimum absolute atomic E-state index is 0.719. The summed E-state index contributed by atoms with van der Waals surface area (Å²) in [5.74, 6) is 0.827. The normalized spacial score (nSPS) is 10.0. The summed E-state index contributed by atoms with van der Waals surface area (Å²) < 4.78 is 5.24. The lowest BCUT2D eigenvalue weighted by atomic mass is 10.2. The fraction of sp³-hybridized carbons (Fsp3) is 0.333. The van der Waals surface area contributed by atoms with Crippen LogP contribution in [0.15, 0.2) is 30.9 Å². The van der Waals surface area contributed by atoms with Crippen molar-refractivity contribution in [2.24, 2.45) is 0 Å². The van der Waals surface area contributed by atoms with Crippen LogP contribution in [0.1, 0.15) is 12.0 Å². The number of hydrogen-bond donors (Lipinski definition) is 1. The molecule has 0 spiro atoms. The molecule has 0 saturated carbocycles. The van der Waals surface area contributed by atoms with Gasteiger partial charge in [-0.3, -0.25) is 0 Å². The Morgan fingerprint density at radius 1 is 1.53 bits per heavy atom. The Kier molecular flexibility index (Phi) is 5.22. The lowest BCUT2D eigenvalue weighted by Gasteiger charge is -2.10. The summed E-state index contributed by atoms with van der Waals surface area (Å²) in [6.45, 7) is 5.29. The van der Waals surface area contributed by atoms with E-state index in [2.05, 4.69) is 11.9 Å². The monoisotopic (exact) mass is 225 g/mol. The van der Waals surface area contributed by atoms with Gasteiger partial charge in [0.25, 0.3) is 0 Å². The predicted molar refractivity (Wildman–Crippen MR) is 64.5 cm³/mol. The van der Waals surface area contributed by atoms with Crippen molar-refractivity contribution in [1.82, 2.24) is 5.32 Å². The van der Waals surface area contributed by atoms with Crippen molar-refractivity contribution in [1.29, 1.82) is 0 Å². The van der Waals surface area contributed by atoms with E-state index in [0.29, 0.717) is 0 Å². The quantitative estimate of drug-likeness (QED) is 0.594. The summed E-state index contributed by atoms with van der Waals surface area (Å²) in [7, 11) is 1.65. The molecule has 0 fully saturated rings. The number of rotatable bonds is 6. The van der Waals surface area contributed by atoms with Crippen LogP contribution in [0.5, 0.6) is 5.75 Å². The van der Waals surface area contributed by atoms with Crippen LogP contribution in [0, 0.1) is 0 Å². The number of methoxy groups -OCH3 is 1. The molecule has 1 N–H and O–H groups in total. The van der Waals surface area contributed by atoms with Crippen molar-refractivity contribution in [2.75, 3.05) is 13.7 Å². The first-order valence-electron chi connectivity index (χ1n) is 4.92. The zero-order valence-corrected chi connectivity index (χ0v) is 9.68. The first kappa shape index (κ1) is 12.1. The van der Waals surface area contributed by atoms with Crippen molar-refractivity contribution in [3.63, 3.8) is 0 Å². The first-order valence-corrected chi connectivity index (χ1v) is 5.30. The molecule has 3 heteroatoms. The molecule has 0 radical (unpaired) electrons. The Hall–Kier alpha value is -0.990. The third-order valence-electron chi connectivity index (χ3n) is 2.12. The Labute approximate surface area is 95.9 Å². The predicted octanol–water partition coefficient (Wildman–Crippen LogP) is 3.01. The van der Waals surface area contributed by atoms with Gasteiger partial charge in [-0.2, -0.15) is 0 Å². The van der Waals surface area contributed by atoms with E-state index in [1.54, 1.807) is 7.11 Å². The van der Waals surface area contributed by atoms with Gasteiger partial charge in [0.05, 0.1) is 7.11 Å². The average molecular weight is 226 g/mol. The third-order valence-corrected chi connectivity index (χ3v) is 2.48. The Morgan fingerprint density at radius 2 is 2.33 bits per heavy atom. The zero-order valence-electron chi connectivity index (χ0n) is 8.92. The second kappa shape index (κ2) is 6.49. The van der Waals surface area contributed by atoms with E-state index in [4.69, 9.17) is 16.3 Å². The maximum Gasteiger partial charge on any atom is 0.124 e. The zero-order chi connectivity index (χ0) is 11.1. The molecule has 0 aliphatic carbocycles. The van der Waals surface area contributed by atoms with Gasteiger partial charge in [0.15, 0.2) is 0 Å². The van der Waals surface area contributed by atoms with E-state index in [0.717, 1.165) is 35.8 Å². The van der Waals surface area contributed by atoms with Gasteiger partial charge in [0.1, 0.15) is 5.75 Å². The van der Waals surface area contributed by atoms with Crippen molar-refractivity contribution in [2.45, 2.75) is 13.0 Å². The molecule has 1 aromatic carbocycles. The van der Waals surface area contributed by atoms with E-state index in [-0.39, 0.29) is 0 Å². The maximum atomic E-state index is 6.08. The largest absolute Gasteiger partial charge is 0.496 e. The number of halogens is 1. The number of ether oxygens (including phenoxy) is 1. The summed E-state index contributed by atoms with van der Waals surface area (Å²) in [6.07, 6.45) is 2.84. The maximum absolute atomic E-state index is 6.08. The van der Waals surface area contributed by atoms with Crippen LogP contribution in [0.25, 0.3) is 0 Å². The Morgan fingerprint density at radius 3 is 3.00 bits per heavy atom. The lowest BCUT2D eigenvalue weighted by molar-refractivity contribution is 0.408. The van der Waals surface area contributed by atoms with Crippen molar-refractivity contribution >= 4 is 11.6 Å². The minimum Gasteiger partial charge on any atom is -0.496 e. The van der Waals surface area contributed by atoms with Crippen molar-refractivity contribution in [3.8, 4) is 5.75 Å². The molecule has 0 bridgehead atoms. The second-order valence-corrected chi connectivity index (χ2v) is 3.58. The first-order chi connectivity index (χ1) is 7.29. The van der Waals surface area contributed by atoms with Gasteiger partial charge < -0.3 is 10.1 Å². The van der Waals surface area contributed by atoms with Crippen LogP contribution in [0.2, 0.25) is 5.02 Å². The molecule has 82 valence electrons. The number of benzene rings is 1. The highest BCUT2D eigenvalue weighted by Crippen LogP contribution is 2.25. The fourth-order valence-corrected chi connectivity index (χ4v) is 1.55. The molecule has 1 aromatic rings. The molecule has 2 nitrogen and oxygen atoms in total. The SMILES string of the molecule is C=CCCNCc1c(Cl)cccc1OC. The molecular formula is C12H16ClNO. The van der Waals surface area contributed by atoms with Gasteiger partial charge in [0.2, 0.25) is 0 Å². The molecule has 15 heavy (non-hydrogen) atoms. The molecule has 0 aliphatic rings. The van der Waals surface area contributed by atoms with Crippen LogP contribution in [0.3, 0.4) is 0 Å². The standard InChI is InChI=1S/C12H16ClNO/c1-3-4-8-14-9-10-11(13)6-5-7-12(10)15-2/h3,5-7,14H,1,4,8-9H2,2H3. The topological polar surface area (TPSA) is 21.3 Å². The van der Waals surface area contributed by atoms with Crippen molar-refractivity contribution < 1.29 is 4.74 Å². The van der Waals surface area contributed by atoms with E-state index in [1.807, 2.05) is 24.3 Å². The van der Waals surface area contributed by atoms with Crippen molar-refractivity contribution in [3.05, 3.63) is 41.4 Å². The molecule has 0 amide bonds.